The maximum atomic E-state index is 12.5. The van der Waals surface area contributed by atoms with E-state index in [9.17, 15) is 14.4 Å². The molecule has 1 aliphatic rings. The van der Waals surface area contributed by atoms with E-state index >= 15 is 0 Å². The molecule has 5 heteroatoms. The molecule has 0 spiro atoms. The van der Waals surface area contributed by atoms with Crippen molar-refractivity contribution in [2.75, 3.05) is 13.2 Å². The first-order valence-corrected chi connectivity index (χ1v) is 7.51. The van der Waals surface area contributed by atoms with Gasteiger partial charge in [-0.1, -0.05) is 30.3 Å². The van der Waals surface area contributed by atoms with E-state index in [0.717, 1.165) is 5.56 Å². The van der Waals surface area contributed by atoms with Crippen LogP contribution in [0.5, 0.6) is 0 Å². The third-order valence-corrected chi connectivity index (χ3v) is 3.96. The van der Waals surface area contributed by atoms with Crippen LogP contribution in [0.15, 0.2) is 30.3 Å². The summed E-state index contributed by atoms with van der Waals surface area (Å²) in [5, 5.41) is 0. The van der Waals surface area contributed by atoms with Crippen molar-refractivity contribution in [1.29, 1.82) is 0 Å². The van der Waals surface area contributed by atoms with Crippen molar-refractivity contribution in [3.63, 3.8) is 0 Å². The predicted molar refractivity (Wildman–Crippen MR) is 80.8 cm³/mol. The van der Waals surface area contributed by atoms with Crippen molar-refractivity contribution in [2.45, 2.75) is 26.8 Å². The van der Waals surface area contributed by atoms with Gasteiger partial charge in [0.1, 0.15) is 5.78 Å². The van der Waals surface area contributed by atoms with Crippen LogP contribution in [0.3, 0.4) is 0 Å². The molecule has 1 fully saturated rings. The SMILES string of the molecule is CCOC(=O)C[C@H]1C(=O)N(Cc2ccccc2)C[C@@H]1C(C)=O. The summed E-state index contributed by atoms with van der Waals surface area (Å²) in [5.74, 6) is -1.65. The number of carbonyl (C=O) groups is 3. The van der Waals surface area contributed by atoms with Crippen LogP contribution in [0.2, 0.25) is 0 Å². The van der Waals surface area contributed by atoms with Gasteiger partial charge in [0.25, 0.3) is 0 Å². The quantitative estimate of drug-likeness (QED) is 0.752. The number of nitrogens with zero attached hydrogens (tertiary/aromatic N) is 1. The monoisotopic (exact) mass is 303 g/mol. The van der Waals surface area contributed by atoms with Crippen LogP contribution in [-0.2, 0) is 25.7 Å². The van der Waals surface area contributed by atoms with Gasteiger partial charge in [-0.3, -0.25) is 14.4 Å². The zero-order valence-electron chi connectivity index (χ0n) is 13.0. The molecule has 2 atom stereocenters. The molecular weight excluding hydrogens is 282 g/mol. The van der Waals surface area contributed by atoms with Gasteiger partial charge >= 0.3 is 5.97 Å². The number of amides is 1. The van der Waals surface area contributed by atoms with Crippen LogP contribution in [-0.4, -0.2) is 35.7 Å². The molecule has 1 heterocycles. The van der Waals surface area contributed by atoms with Crippen molar-refractivity contribution in [2.24, 2.45) is 11.8 Å². The summed E-state index contributed by atoms with van der Waals surface area (Å²) in [6, 6.07) is 9.61. The summed E-state index contributed by atoms with van der Waals surface area (Å²) < 4.78 is 4.91. The minimum Gasteiger partial charge on any atom is -0.466 e. The highest BCUT2D eigenvalue weighted by Gasteiger charge is 2.43. The second-order valence-corrected chi connectivity index (χ2v) is 5.54. The first-order valence-electron chi connectivity index (χ1n) is 7.51. The zero-order valence-corrected chi connectivity index (χ0v) is 13.0. The number of hydrogen-bond acceptors (Lipinski definition) is 4. The van der Waals surface area contributed by atoms with E-state index < -0.39 is 17.8 Å². The van der Waals surface area contributed by atoms with Gasteiger partial charge in [-0.15, -0.1) is 0 Å². The number of benzene rings is 1. The fraction of sp³-hybridized carbons (Fsp3) is 0.471. The van der Waals surface area contributed by atoms with E-state index in [0.29, 0.717) is 13.1 Å². The van der Waals surface area contributed by atoms with Crippen molar-refractivity contribution < 1.29 is 19.1 Å². The Bertz CT molecular complexity index is 555. The zero-order chi connectivity index (χ0) is 16.1. The predicted octanol–water partition coefficient (Wildman–Crippen LogP) is 1.80. The summed E-state index contributed by atoms with van der Waals surface area (Å²) >= 11 is 0. The van der Waals surface area contributed by atoms with Gasteiger partial charge in [-0.2, -0.15) is 0 Å². The number of Topliss-reactive ketones (excluding diaryl/α,β-unsaturated/α-hetero) is 1. The molecule has 0 unspecified atom stereocenters. The van der Waals surface area contributed by atoms with Gasteiger partial charge in [-0.25, -0.2) is 0 Å². The lowest BCUT2D eigenvalue weighted by molar-refractivity contribution is -0.147. The molecule has 1 aromatic rings. The van der Waals surface area contributed by atoms with Crippen molar-refractivity contribution >= 4 is 17.7 Å². The Kier molecular flexibility index (Phi) is 5.31. The maximum Gasteiger partial charge on any atom is 0.306 e. The molecule has 1 aromatic carbocycles. The number of ketones is 1. The number of rotatable bonds is 6. The molecule has 1 amide bonds. The molecule has 1 aliphatic heterocycles. The van der Waals surface area contributed by atoms with E-state index in [1.165, 1.54) is 6.92 Å². The first kappa shape index (κ1) is 16.2. The Hall–Kier alpha value is -2.17. The molecule has 1 saturated heterocycles. The smallest absolute Gasteiger partial charge is 0.306 e. The van der Waals surface area contributed by atoms with Gasteiger partial charge in [0.05, 0.1) is 18.9 Å². The second-order valence-electron chi connectivity index (χ2n) is 5.54. The van der Waals surface area contributed by atoms with Crippen LogP contribution >= 0.6 is 0 Å². The lowest BCUT2D eigenvalue weighted by Crippen LogP contribution is -2.28. The maximum absolute atomic E-state index is 12.5. The number of ether oxygens (including phenoxy) is 1. The highest BCUT2D eigenvalue weighted by molar-refractivity contribution is 5.93. The topological polar surface area (TPSA) is 63.7 Å². The molecule has 0 radical (unpaired) electrons. The fourth-order valence-electron chi connectivity index (χ4n) is 2.85. The average Bonchev–Trinajstić information content (AvgIpc) is 2.78. The molecule has 22 heavy (non-hydrogen) atoms. The van der Waals surface area contributed by atoms with Gasteiger partial charge in [-0.05, 0) is 19.4 Å². The molecule has 0 bridgehead atoms. The third kappa shape index (κ3) is 3.72. The number of carbonyl (C=O) groups excluding carboxylic acids is 3. The van der Waals surface area contributed by atoms with E-state index in [1.54, 1.807) is 11.8 Å². The van der Waals surface area contributed by atoms with Crippen LogP contribution in [0.25, 0.3) is 0 Å². The molecule has 0 N–H and O–H groups in total. The number of esters is 1. The largest absolute Gasteiger partial charge is 0.466 e. The molecule has 5 nitrogen and oxygen atoms in total. The lowest BCUT2D eigenvalue weighted by atomic mass is 9.89. The summed E-state index contributed by atoms with van der Waals surface area (Å²) in [6.45, 7) is 4.30. The lowest BCUT2D eigenvalue weighted by Gasteiger charge is -2.16. The van der Waals surface area contributed by atoms with E-state index in [-0.39, 0.29) is 24.7 Å². The normalized spacial score (nSPS) is 21.0. The summed E-state index contributed by atoms with van der Waals surface area (Å²) in [7, 11) is 0. The number of hydrogen-bond donors (Lipinski definition) is 0. The molecule has 0 aliphatic carbocycles. The van der Waals surface area contributed by atoms with E-state index in [4.69, 9.17) is 4.74 Å². The summed E-state index contributed by atoms with van der Waals surface area (Å²) in [4.78, 5) is 37.7. The van der Waals surface area contributed by atoms with E-state index in [1.807, 2.05) is 30.3 Å². The van der Waals surface area contributed by atoms with Crippen molar-refractivity contribution in [3.05, 3.63) is 35.9 Å². The Morgan fingerprint density at radius 3 is 2.55 bits per heavy atom. The molecule has 118 valence electrons. The second kappa shape index (κ2) is 7.20. The standard InChI is InChI=1S/C17H21NO4/c1-3-22-16(20)9-14-15(12(2)19)11-18(17(14)21)10-13-7-5-4-6-8-13/h4-8,14-15H,3,9-11H2,1-2H3/t14-,15-/m1/s1. The van der Waals surface area contributed by atoms with E-state index in [2.05, 4.69) is 0 Å². The first-order chi connectivity index (χ1) is 10.5. The Morgan fingerprint density at radius 2 is 1.95 bits per heavy atom. The Balaban J connectivity index is 2.10. The fourth-order valence-corrected chi connectivity index (χ4v) is 2.85. The summed E-state index contributed by atoms with van der Waals surface area (Å²) in [6.07, 6.45) is -0.0256. The molecule has 2 rings (SSSR count). The van der Waals surface area contributed by atoms with Crippen LogP contribution < -0.4 is 0 Å². The highest BCUT2D eigenvalue weighted by Crippen LogP contribution is 2.30. The van der Waals surface area contributed by atoms with Gasteiger partial charge in [0.2, 0.25) is 5.91 Å². The number of likely N-dealkylation sites (tertiary alicyclic amines) is 1. The highest BCUT2D eigenvalue weighted by atomic mass is 16.5. The third-order valence-electron chi connectivity index (χ3n) is 3.96. The van der Waals surface area contributed by atoms with Gasteiger partial charge in [0, 0.05) is 19.0 Å². The average molecular weight is 303 g/mol. The van der Waals surface area contributed by atoms with Gasteiger partial charge in [0.15, 0.2) is 0 Å². The minimum absolute atomic E-state index is 0.0256. The minimum atomic E-state index is -0.597. The Morgan fingerprint density at radius 1 is 1.27 bits per heavy atom. The van der Waals surface area contributed by atoms with Crippen LogP contribution in [0, 0.1) is 11.8 Å². The summed E-state index contributed by atoms with van der Waals surface area (Å²) in [5.41, 5.74) is 1.01. The van der Waals surface area contributed by atoms with Crippen LogP contribution in [0.1, 0.15) is 25.8 Å². The van der Waals surface area contributed by atoms with Crippen molar-refractivity contribution in [1.82, 2.24) is 4.90 Å². The Labute approximate surface area is 130 Å². The van der Waals surface area contributed by atoms with Gasteiger partial charge < -0.3 is 9.64 Å². The molecule has 0 saturated carbocycles. The molecular formula is C17H21NO4. The van der Waals surface area contributed by atoms with Crippen molar-refractivity contribution in [3.8, 4) is 0 Å². The van der Waals surface area contributed by atoms with Crippen LogP contribution in [0.4, 0.5) is 0 Å². The molecule has 0 aromatic heterocycles.